The van der Waals surface area contributed by atoms with Crippen LogP contribution in [0.3, 0.4) is 0 Å². The molecule has 90 valence electrons. The first-order valence-electron chi connectivity index (χ1n) is 7.36. The molecule has 0 amide bonds. The molecule has 2 aliphatic rings. The lowest BCUT2D eigenvalue weighted by Crippen LogP contribution is -2.30. The highest BCUT2D eigenvalue weighted by Gasteiger charge is 2.31. The summed E-state index contributed by atoms with van der Waals surface area (Å²) in [5.74, 6) is 0.585. The van der Waals surface area contributed by atoms with Gasteiger partial charge in [-0.15, -0.1) is 0 Å². The van der Waals surface area contributed by atoms with Crippen molar-refractivity contribution in [1.82, 2.24) is 0 Å². The van der Waals surface area contributed by atoms with Crippen molar-refractivity contribution in [2.24, 2.45) is 16.8 Å². The van der Waals surface area contributed by atoms with Crippen LogP contribution in [0.4, 0.5) is 0 Å². The van der Waals surface area contributed by atoms with Gasteiger partial charge in [0.25, 0.3) is 0 Å². The van der Waals surface area contributed by atoms with E-state index in [9.17, 15) is 4.79 Å². The highest BCUT2D eigenvalue weighted by molar-refractivity contribution is 5.33. The van der Waals surface area contributed by atoms with Crippen LogP contribution >= 0.6 is 0 Å². The summed E-state index contributed by atoms with van der Waals surface area (Å²) in [6, 6.07) is -0.859. The van der Waals surface area contributed by atoms with Crippen molar-refractivity contribution in [3.63, 3.8) is 0 Å². The number of hydrogen-bond acceptors (Lipinski definition) is 2. The molecule has 0 N–H and O–H groups in total. The van der Waals surface area contributed by atoms with Crippen LogP contribution < -0.4 is 0 Å². The minimum atomic E-state index is -0.859. The normalized spacial score (nSPS) is 25.9. The Kier molecular flexibility index (Phi) is 4.08. The van der Waals surface area contributed by atoms with Crippen molar-refractivity contribution in [1.29, 1.82) is 0 Å². The highest BCUT2D eigenvalue weighted by Crippen LogP contribution is 2.37. The van der Waals surface area contributed by atoms with Gasteiger partial charge in [-0.05, 0) is 37.5 Å². The molecule has 2 nitrogen and oxygen atoms in total. The highest BCUT2D eigenvalue weighted by atomic mass is 16.1. The minimum Gasteiger partial charge on any atom is -0.211 e. The van der Waals surface area contributed by atoms with Gasteiger partial charge in [0.1, 0.15) is 0 Å². The standard InChI is InChI=1S/C14H23NO/c16-11-15-14(12-7-3-1-4-8-12)13-9-5-2-6-10-13/h12-14H,1-10H2/i14D. The minimum absolute atomic E-state index is 0.292. The zero-order valence-corrected chi connectivity index (χ0v) is 10.1. The van der Waals surface area contributed by atoms with Gasteiger partial charge in [-0.2, -0.15) is 0 Å². The molecule has 0 heterocycles. The second-order valence-corrected chi connectivity index (χ2v) is 5.30. The van der Waals surface area contributed by atoms with Crippen LogP contribution in [0.25, 0.3) is 0 Å². The Balaban J connectivity index is 2.14. The topological polar surface area (TPSA) is 29.4 Å². The summed E-state index contributed by atoms with van der Waals surface area (Å²) in [6.07, 6.45) is 13.4. The van der Waals surface area contributed by atoms with Gasteiger partial charge in [-0.1, -0.05) is 38.5 Å². The number of isocyanates is 1. The Morgan fingerprint density at radius 3 is 1.75 bits per heavy atom. The van der Waals surface area contributed by atoms with Gasteiger partial charge in [0.05, 0.1) is 7.39 Å². The van der Waals surface area contributed by atoms with E-state index in [-0.39, 0.29) is 0 Å². The van der Waals surface area contributed by atoms with Gasteiger partial charge >= 0.3 is 0 Å². The van der Waals surface area contributed by atoms with Crippen molar-refractivity contribution in [3.8, 4) is 0 Å². The second kappa shape index (κ2) is 6.20. The van der Waals surface area contributed by atoms with E-state index in [1.165, 1.54) is 38.5 Å². The Hall–Kier alpha value is -0.620. The van der Waals surface area contributed by atoms with E-state index >= 15 is 0 Å². The molecule has 0 unspecified atom stereocenters. The first-order chi connectivity index (χ1) is 8.27. The van der Waals surface area contributed by atoms with Crippen LogP contribution in [-0.4, -0.2) is 12.1 Å². The molecule has 0 aromatic heterocycles. The smallest absolute Gasteiger partial charge is 0.211 e. The van der Waals surface area contributed by atoms with E-state index < -0.39 is 6.02 Å². The zero-order chi connectivity index (χ0) is 12.1. The fraction of sp³-hybridized carbons (Fsp3) is 0.929. The number of rotatable bonds is 3. The van der Waals surface area contributed by atoms with Crippen LogP contribution in [0, 0.1) is 11.8 Å². The summed E-state index contributed by atoms with van der Waals surface area (Å²) in [5.41, 5.74) is 0. The average molecular weight is 222 g/mol. The molecule has 16 heavy (non-hydrogen) atoms. The molecule has 2 heteroatoms. The molecule has 0 spiro atoms. The molecule has 0 bridgehead atoms. The van der Waals surface area contributed by atoms with Crippen molar-refractivity contribution in [2.75, 3.05) is 0 Å². The molecule has 0 aliphatic heterocycles. The molecular formula is C14H23NO. The summed E-state index contributed by atoms with van der Waals surface area (Å²) in [6.45, 7) is 0. The lowest BCUT2D eigenvalue weighted by molar-refractivity contribution is 0.206. The van der Waals surface area contributed by atoms with Gasteiger partial charge in [0.2, 0.25) is 6.08 Å². The van der Waals surface area contributed by atoms with Crippen LogP contribution in [0.1, 0.15) is 65.6 Å². The Morgan fingerprint density at radius 2 is 1.38 bits per heavy atom. The summed E-state index contributed by atoms with van der Waals surface area (Å²) in [4.78, 5) is 14.7. The lowest BCUT2D eigenvalue weighted by atomic mass is 9.74. The summed E-state index contributed by atoms with van der Waals surface area (Å²) in [7, 11) is 0. The fourth-order valence-electron chi connectivity index (χ4n) is 3.37. The molecule has 2 rings (SSSR count). The van der Waals surface area contributed by atoms with Crippen LogP contribution in [0.2, 0.25) is 0 Å². The third kappa shape index (κ3) is 2.95. The number of aliphatic imine (C=N–C) groups is 1. The van der Waals surface area contributed by atoms with E-state index in [1.807, 2.05) is 0 Å². The molecular weight excluding hydrogens is 198 g/mol. The van der Waals surface area contributed by atoms with E-state index in [0.717, 1.165) is 25.7 Å². The van der Waals surface area contributed by atoms with E-state index in [1.54, 1.807) is 6.08 Å². The van der Waals surface area contributed by atoms with Gasteiger partial charge in [-0.3, -0.25) is 0 Å². The summed E-state index contributed by atoms with van der Waals surface area (Å²) in [5, 5.41) is 0. The molecule has 0 atom stereocenters. The van der Waals surface area contributed by atoms with E-state index in [4.69, 9.17) is 1.37 Å². The molecule has 2 saturated carbocycles. The maximum atomic E-state index is 10.7. The monoisotopic (exact) mass is 222 g/mol. The number of carbonyl (C=O) groups excluding carboxylic acids is 1. The van der Waals surface area contributed by atoms with Crippen molar-refractivity contribution < 1.29 is 6.17 Å². The quantitative estimate of drug-likeness (QED) is 0.527. The van der Waals surface area contributed by atoms with Gasteiger partial charge in [-0.25, -0.2) is 9.79 Å². The van der Waals surface area contributed by atoms with Crippen molar-refractivity contribution in [2.45, 2.75) is 70.2 Å². The second-order valence-electron chi connectivity index (χ2n) is 5.30. The predicted molar refractivity (Wildman–Crippen MR) is 65.1 cm³/mol. The van der Waals surface area contributed by atoms with Crippen molar-refractivity contribution >= 4 is 6.08 Å². The molecule has 0 aromatic rings. The van der Waals surface area contributed by atoms with Gasteiger partial charge < -0.3 is 0 Å². The summed E-state index contributed by atoms with van der Waals surface area (Å²) < 4.78 is 8.68. The van der Waals surface area contributed by atoms with Crippen LogP contribution in [0.15, 0.2) is 4.99 Å². The summed E-state index contributed by atoms with van der Waals surface area (Å²) >= 11 is 0. The molecule has 2 aliphatic carbocycles. The predicted octanol–water partition coefficient (Wildman–Crippen LogP) is 3.85. The van der Waals surface area contributed by atoms with E-state index in [0.29, 0.717) is 11.8 Å². The first kappa shape index (κ1) is 10.5. The van der Waals surface area contributed by atoms with Gasteiger partial charge in [0.15, 0.2) is 0 Å². The third-order valence-electron chi connectivity index (χ3n) is 4.22. The molecule has 0 radical (unpaired) electrons. The van der Waals surface area contributed by atoms with Crippen LogP contribution in [0.5, 0.6) is 0 Å². The largest absolute Gasteiger partial charge is 0.235 e. The zero-order valence-electron chi connectivity index (χ0n) is 11.1. The Morgan fingerprint density at radius 1 is 0.938 bits per heavy atom. The fourth-order valence-corrected chi connectivity index (χ4v) is 3.37. The first-order valence-corrected chi connectivity index (χ1v) is 6.86. The van der Waals surface area contributed by atoms with Crippen LogP contribution in [-0.2, 0) is 4.79 Å². The van der Waals surface area contributed by atoms with E-state index in [2.05, 4.69) is 4.99 Å². The molecule has 0 aromatic carbocycles. The maximum absolute atomic E-state index is 10.7. The number of hydrogen-bond donors (Lipinski definition) is 0. The molecule has 0 saturated heterocycles. The number of nitrogens with zero attached hydrogens (tertiary/aromatic N) is 1. The van der Waals surface area contributed by atoms with Crippen molar-refractivity contribution in [3.05, 3.63) is 0 Å². The SMILES string of the molecule is [2H]C(N=C=O)(C1CCCCC1)C1CCCCC1. The average Bonchev–Trinajstić information content (AvgIpc) is 2.41. The molecule has 2 fully saturated rings. The lowest BCUT2D eigenvalue weighted by Gasteiger charge is -2.34. The Bertz CT molecular complexity index is 269. The third-order valence-corrected chi connectivity index (χ3v) is 4.22. The maximum Gasteiger partial charge on any atom is 0.235 e. The van der Waals surface area contributed by atoms with Gasteiger partial charge in [0, 0.05) is 0 Å². The Labute approximate surface area is 99.9 Å².